The predicted octanol–water partition coefficient (Wildman–Crippen LogP) is 3.33. The largest absolute Gasteiger partial charge is 0.322 e. The maximum absolute atomic E-state index is 11.9. The highest BCUT2D eigenvalue weighted by Crippen LogP contribution is 2.33. The summed E-state index contributed by atoms with van der Waals surface area (Å²) in [5, 5.41) is 7.08. The minimum atomic E-state index is -0.131. The van der Waals surface area contributed by atoms with Crippen molar-refractivity contribution in [2.45, 2.75) is 0 Å². The van der Waals surface area contributed by atoms with Crippen molar-refractivity contribution in [3.8, 4) is 0 Å². The van der Waals surface area contributed by atoms with Gasteiger partial charge in [-0.15, -0.1) is 24.8 Å². The Labute approximate surface area is 151 Å². The summed E-state index contributed by atoms with van der Waals surface area (Å²) < 4.78 is 0. The van der Waals surface area contributed by atoms with Crippen LogP contribution in [0.4, 0.5) is 5.69 Å². The van der Waals surface area contributed by atoms with E-state index in [1.54, 1.807) is 12.1 Å². The third-order valence-electron chi connectivity index (χ3n) is 2.85. The molecule has 1 heterocycles. The Bertz CT molecular complexity index is 457. The molecule has 4 nitrogen and oxygen atoms in total. The Kier molecular flexibility index (Phi) is 9.98. The van der Waals surface area contributed by atoms with Crippen LogP contribution in [0.1, 0.15) is 0 Å². The van der Waals surface area contributed by atoms with Crippen LogP contribution in [0.5, 0.6) is 0 Å². The van der Waals surface area contributed by atoms with Gasteiger partial charge in [0.2, 0.25) is 5.91 Å². The van der Waals surface area contributed by atoms with Crippen molar-refractivity contribution < 1.29 is 4.79 Å². The molecule has 0 aromatic heterocycles. The van der Waals surface area contributed by atoms with Crippen LogP contribution in [0.3, 0.4) is 0 Å². The highest BCUT2D eigenvalue weighted by Gasteiger charge is 2.16. The molecule has 1 aromatic carbocycles. The van der Waals surface area contributed by atoms with Crippen LogP contribution in [-0.2, 0) is 4.79 Å². The normalized spacial score (nSPS) is 14.8. The Morgan fingerprint density at radius 3 is 2.19 bits per heavy atom. The van der Waals surface area contributed by atoms with Crippen LogP contribution in [-0.4, -0.2) is 43.5 Å². The zero-order valence-corrected chi connectivity index (χ0v) is 14.9. The topological polar surface area (TPSA) is 44.4 Å². The monoisotopic (exact) mass is 393 g/mol. The van der Waals surface area contributed by atoms with E-state index in [4.69, 9.17) is 34.8 Å². The van der Waals surface area contributed by atoms with Gasteiger partial charge in [-0.05, 0) is 12.1 Å². The number of carbonyl (C=O) groups excluding carboxylic acids is 1. The molecule has 1 aliphatic heterocycles. The van der Waals surface area contributed by atoms with Crippen LogP contribution in [0, 0.1) is 0 Å². The molecule has 2 N–H and O–H groups in total. The van der Waals surface area contributed by atoms with Crippen molar-refractivity contribution in [3.63, 3.8) is 0 Å². The van der Waals surface area contributed by atoms with Crippen molar-refractivity contribution in [1.82, 2.24) is 10.2 Å². The fourth-order valence-electron chi connectivity index (χ4n) is 1.91. The van der Waals surface area contributed by atoms with Crippen LogP contribution in [0.2, 0.25) is 15.1 Å². The fourth-order valence-corrected chi connectivity index (χ4v) is 2.82. The molecular formula is C12H16Cl5N3O. The smallest absolute Gasteiger partial charge is 0.238 e. The molecule has 1 aromatic rings. The van der Waals surface area contributed by atoms with Gasteiger partial charge < -0.3 is 10.6 Å². The number of hydrogen-bond acceptors (Lipinski definition) is 3. The van der Waals surface area contributed by atoms with Crippen LogP contribution < -0.4 is 10.6 Å². The van der Waals surface area contributed by atoms with Gasteiger partial charge in [0.25, 0.3) is 0 Å². The quantitative estimate of drug-likeness (QED) is 0.825. The molecular weight excluding hydrogens is 379 g/mol. The van der Waals surface area contributed by atoms with Crippen LogP contribution >= 0.6 is 59.6 Å². The average Bonchev–Trinajstić information content (AvgIpc) is 2.35. The van der Waals surface area contributed by atoms with Gasteiger partial charge in [0.05, 0.1) is 22.3 Å². The van der Waals surface area contributed by atoms with E-state index in [1.807, 2.05) is 0 Å². The summed E-state index contributed by atoms with van der Waals surface area (Å²) in [4.78, 5) is 14.0. The predicted molar refractivity (Wildman–Crippen MR) is 93.9 cm³/mol. The first-order valence-electron chi connectivity index (χ1n) is 5.94. The van der Waals surface area contributed by atoms with Gasteiger partial charge in [0, 0.05) is 31.2 Å². The second kappa shape index (κ2) is 9.95. The summed E-state index contributed by atoms with van der Waals surface area (Å²) in [6, 6.07) is 3.10. The van der Waals surface area contributed by atoms with E-state index in [2.05, 4.69) is 15.5 Å². The van der Waals surface area contributed by atoms with E-state index in [-0.39, 0.29) is 30.7 Å². The highest BCUT2D eigenvalue weighted by atomic mass is 35.5. The second-order valence-corrected chi connectivity index (χ2v) is 5.57. The zero-order valence-electron chi connectivity index (χ0n) is 11.0. The number of benzene rings is 1. The number of amides is 1. The lowest BCUT2D eigenvalue weighted by molar-refractivity contribution is -0.117. The van der Waals surface area contributed by atoms with Gasteiger partial charge >= 0.3 is 0 Å². The molecule has 1 amide bonds. The molecule has 0 saturated carbocycles. The number of nitrogens with zero attached hydrogens (tertiary/aromatic N) is 1. The van der Waals surface area contributed by atoms with Gasteiger partial charge in [0.1, 0.15) is 0 Å². The molecule has 0 bridgehead atoms. The number of carbonyl (C=O) groups is 1. The Hall–Kier alpha value is 0.0600. The van der Waals surface area contributed by atoms with E-state index in [1.165, 1.54) is 0 Å². The minimum absolute atomic E-state index is 0. The Morgan fingerprint density at radius 1 is 1.14 bits per heavy atom. The lowest BCUT2D eigenvalue weighted by Crippen LogP contribution is -2.46. The van der Waals surface area contributed by atoms with Crippen molar-refractivity contribution in [2.75, 3.05) is 38.0 Å². The Morgan fingerprint density at radius 2 is 1.67 bits per heavy atom. The van der Waals surface area contributed by atoms with E-state index >= 15 is 0 Å². The summed E-state index contributed by atoms with van der Waals surface area (Å²) in [6.07, 6.45) is 0. The van der Waals surface area contributed by atoms with E-state index in [0.717, 1.165) is 26.2 Å². The molecule has 1 saturated heterocycles. The van der Waals surface area contributed by atoms with Gasteiger partial charge in [-0.1, -0.05) is 34.8 Å². The van der Waals surface area contributed by atoms with Gasteiger partial charge in [-0.3, -0.25) is 9.69 Å². The molecule has 0 aliphatic carbocycles. The van der Waals surface area contributed by atoms with Crippen molar-refractivity contribution >= 4 is 71.2 Å². The summed E-state index contributed by atoms with van der Waals surface area (Å²) in [5.41, 5.74) is 0.410. The van der Waals surface area contributed by atoms with E-state index in [9.17, 15) is 4.79 Å². The lowest BCUT2D eigenvalue weighted by atomic mass is 10.3. The maximum Gasteiger partial charge on any atom is 0.238 e. The number of anilines is 1. The first-order valence-corrected chi connectivity index (χ1v) is 7.07. The molecule has 21 heavy (non-hydrogen) atoms. The number of nitrogens with one attached hydrogen (secondary N) is 2. The number of halogens is 5. The SMILES string of the molecule is Cl.Cl.O=C(CN1CCNCC1)Nc1c(Cl)cc(Cl)cc1Cl. The third-order valence-corrected chi connectivity index (χ3v) is 3.66. The van der Waals surface area contributed by atoms with Crippen molar-refractivity contribution in [3.05, 3.63) is 27.2 Å². The number of piperazine rings is 1. The lowest BCUT2D eigenvalue weighted by Gasteiger charge is -2.26. The van der Waals surface area contributed by atoms with Gasteiger partial charge in [-0.2, -0.15) is 0 Å². The minimum Gasteiger partial charge on any atom is -0.322 e. The molecule has 2 rings (SSSR count). The average molecular weight is 396 g/mol. The first kappa shape index (κ1) is 21.1. The Balaban J connectivity index is 0.00000200. The maximum atomic E-state index is 11.9. The first-order chi connectivity index (χ1) is 9.06. The van der Waals surface area contributed by atoms with Crippen molar-refractivity contribution in [2.24, 2.45) is 0 Å². The van der Waals surface area contributed by atoms with Gasteiger partial charge in [-0.25, -0.2) is 0 Å². The zero-order chi connectivity index (χ0) is 13.8. The summed E-state index contributed by atoms with van der Waals surface area (Å²) in [7, 11) is 0. The molecule has 0 radical (unpaired) electrons. The van der Waals surface area contributed by atoms with E-state index in [0.29, 0.717) is 27.3 Å². The second-order valence-electron chi connectivity index (χ2n) is 4.32. The summed E-state index contributed by atoms with van der Waals surface area (Å²) >= 11 is 17.8. The van der Waals surface area contributed by atoms with Crippen LogP contribution in [0.25, 0.3) is 0 Å². The fraction of sp³-hybridized carbons (Fsp3) is 0.417. The third kappa shape index (κ3) is 6.37. The summed E-state index contributed by atoms with van der Waals surface area (Å²) in [5.74, 6) is -0.131. The molecule has 0 unspecified atom stereocenters. The molecule has 0 spiro atoms. The van der Waals surface area contributed by atoms with E-state index < -0.39 is 0 Å². The van der Waals surface area contributed by atoms with Crippen molar-refractivity contribution in [1.29, 1.82) is 0 Å². The molecule has 120 valence electrons. The highest BCUT2D eigenvalue weighted by molar-refractivity contribution is 6.42. The summed E-state index contributed by atoms with van der Waals surface area (Å²) in [6.45, 7) is 3.84. The molecule has 1 fully saturated rings. The number of rotatable bonds is 3. The molecule has 1 aliphatic rings. The standard InChI is InChI=1S/C12H14Cl3N3O.2ClH/c13-8-5-9(14)12(10(15)6-8)17-11(19)7-18-3-1-16-2-4-18;;/h5-6,16H,1-4,7H2,(H,17,19);2*1H. The van der Waals surface area contributed by atoms with Crippen LogP contribution in [0.15, 0.2) is 12.1 Å². The number of hydrogen-bond donors (Lipinski definition) is 2. The van der Waals surface area contributed by atoms with Gasteiger partial charge in [0.15, 0.2) is 0 Å². The molecule has 9 heteroatoms. The molecule has 0 atom stereocenters.